The number of thioether (sulfide) groups is 2. The van der Waals surface area contributed by atoms with Crippen LogP contribution >= 0.6 is 39.5 Å². The van der Waals surface area contributed by atoms with Crippen LogP contribution < -0.4 is 0 Å². The Morgan fingerprint density at radius 3 is 2.44 bits per heavy atom. The summed E-state index contributed by atoms with van der Waals surface area (Å²) in [5.41, 5.74) is 0.740. The fraction of sp³-hybridized carbons (Fsp3) is 0.273. The van der Waals surface area contributed by atoms with Crippen molar-refractivity contribution in [3.63, 3.8) is 0 Å². The molecule has 1 aliphatic heterocycles. The lowest BCUT2D eigenvalue weighted by Gasteiger charge is -2.21. The summed E-state index contributed by atoms with van der Waals surface area (Å²) in [6, 6.07) is 7.37. The zero-order chi connectivity index (χ0) is 11.5. The van der Waals surface area contributed by atoms with Crippen LogP contribution in [0.15, 0.2) is 28.7 Å². The zero-order valence-corrected chi connectivity index (χ0v) is 11.5. The SMILES string of the molecule is O=C1SC(CCC(=O)c2ccc(Br)cc2)S1. The summed E-state index contributed by atoms with van der Waals surface area (Å²) < 4.78 is 1.42. The standard InChI is InChI=1S/C11H9BrO2S2/c12-8-3-1-7(2-4-8)9(13)5-6-10-15-11(14)16-10/h1-4,10H,5-6H2. The highest BCUT2D eigenvalue weighted by atomic mass is 79.9. The van der Waals surface area contributed by atoms with Crippen LogP contribution in [0, 0.1) is 0 Å². The Kier molecular flexibility index (Phi) is 4.10. The first-order chi connectivity index (χ1) is 7.65. The maximum atomic E-state index is 11.8. The largest absolute Gasteiger partial charge is 0.294 e. The molecule has 0 saturated carbocycles. The minimum Gasteiger partial charge on any atom is -0.294 e. The van der Waals surface area contributed by atoms with Gasteiger partial charge >= 0.3 is 0 Å². The molecule has 0 N–H and O–H groups in total. The monoisotopic (exact) mass is 316 g/mol. The summed E-state index contributed by atoms with van der Waals surface area (Å²) in [4.78, 5) is 22.5. The Labute approximate surface area is 111 Å². The van der Waals surface area contributed by atoms with Crippen molar-refractivity contribution in [1.82, 2.24) is 0 Å². The van der Waals surface area contributed by atoms with Gasteiger partial charge in [-0.15, -0.1) is 0 Å². The van der Waals surface area contributed by atoms with Gasteiger partial charge in [0.15, 0.2) is 5.78 Å². The maximum Gasteiger partial charge on any atom is 0.248 e. The average molecular weight is 317 g/mol. The van der Waals surface area contributed by atoms with Gasteiger partial charge in [-0.2, -0.15) is 0 Å². The van der Waals surface area contributed by atoms with Crippen LogP contribution in [-0.4, -0.2) is 14.8 Å². The molecule has 0 radical (unpaired) electrons. The van der Waals surface area contributed by atoms with E-state index in [9.17, 15) is 9.59 Å². The third-order valence-corrected chi connectivity index (χ3v) is 5.29. The van der Waals surface area contributed by atoms with Gasteiger partial charge in [-0.3, -0.25) is 9.59 Å². The number of rotatable bonds is 4. The number of hydrogen-bond donors (Lipinski definition) is 0. The van der Waals surface area contributed by atoms with Crippen molar-refractivity contribution < 1.29 is 9.59 Å². The molecule has 5 heteroatoms. The second-order valence-electron chi connectivity index (χ2n) is 3.38. The van der Waals surface area contributed by atoms with Gasteiger partial charge in [0, 0.05) is 16.5 Å². The molecule has 0 amide bonds. The molecular weight excluding hydrogens is 308 g/mol. The fourth-order valence-corrected chi connectivity index (χ4v) is 3.49. The van der Waals surface area contributed by atoms with Crippen molar-refractivity contribution >= 4 is 49.7 Å². The Balaban J connectivity index is 1.83. The number of benzene rings is 1. The number of hydrogen-bond acceptors (Lipinski definition) is 4. The minimum absolute atomic E-state index is 0.146. The topological polar surface area (TPSA) is 34.1 Å². The van der Waals surface area contributed by atoms with E-state index in [1.165, 1.54) is 23.5 Å². The average Bonchev–Trinajstić information content (AvgIpc) is 2.23. The predicted molar refractivity (Wildman–Crippen MR) is 72.1 cm³/mol. The van der Waals surface area contributed by atoms with E-state index in [1.54, 1.807) is 0 Å². The van der Waals surface area contributed by atoms with Crippen LogP contribution in [0.1, 0.15) is 23.2 Å². The Hall–Kier alpha value is -0.260. The number of Topliss-reactive ketones (excluding diaryl/α,β-unsaturated/α-hetero) is 1. The highest BCUT2D eigenvalue weighted by molar-refractivity contribution is 9.10. The van der Waals surface area contributed by atoms with E-state index >= 15 is 0 Å². The minimum atomic E-state index is 0.146. The summed E-state index contributed by atoms with van der Waals surface area (Å²) in [6.07, 6.45) is 1.29. The van der Waals surface area contributed by atoms with Crippen LogP contribution in [0.25, 0.3) is 0 Å². The third-order valence-electron chi connectivity index (χ3n) is 2.23. The molecule has 1 aromatic rings. The first-order valence-electron chi connectivity index (χ1n) is 4.81. The highest BCUT2D eigenvalue weighted by Gasteiger charge is 2.28. The van der Waals surface area contributed by atoms with Crippen molar-refractivity contribution in [1.29, 1.82) is 0 Å². The van der Waals surface area contributed by atoms with Gasteiger partial charge in [-0.1, -0.05) is 51.6 Å². The zero-order valence-electron chi connectivity index (χ0n) is 8.31. The second-order valence-corrected chi connectivity index (χ2v) is 7.21. The summed E-state index contributed by atoms with van der Waals surface area (Å²) in [7, 11) is 0. The molecule has 1 saturated heterocycles. The van der Waals surface area contributed by atoms with Crippen molar-refractivity contribution in [2.24, 2.45) is 0 Å². The van der Waals surface area contributed by atoms with E-state index in [0.717, 1.165) is 16.5 Å². The van der Waals surface area contributed by atoms with Crippen molar-refractivity contribution in [3.05, 3.63) is 34.3 Å². The second kappa shape index (κ2) is 5.38. The molecule has 0 spiro atoms. The molecule has 84 valence electrons. The lowest BCUT2D eigenvalue weighted by atomic mass is 10.1. The van der Waals surface area contributed by atoms with Gasteiger partial charge in [-0.25, -0.2) is 0 Å². The first kappa shape index (κ1) is 12.2. The molecule has 0 unspecified atom stereocenters. The summed E-state index contributed by atoms with van der Waals surface area (Å²) >= 11 is 5.99. The molecule has 1 heterocycles. The lowest BCUT2D eigenvalue weighted by molar-refractivity contribution is 0.0981. The molecule has 2 nitrogen and oxygen atoms in total. The lowest BCUT2D eigenvalue weighted by Crippen LogP contribution is -2.13. The van der Waals surface area contributed by atoms with Crippen molar-refractivity contribution in [3.8, 4) is 0 Å². The third kappa shape index (κ3) is 3.12. The van der Waals surface area contributed by atoms with E-state index in [-0.39, 0.29) is 14.8 Å². The molecular formula is C11H9BrO2S2. The molecule has 1 aromatic carbocycles. The van der Waals surface area contributed by atoms with Gasteiger partial charge < -0.3 is 0 Å². The number of carbonyl (C=O) groups is 2. The summed E-state index contributed by atoms with van der Waals surface area (Å²) in [6.45, 7) is 0. The molecule has 0 bridgehead atoms. The maximum absolute atomic E-state index is 11.8. The van der Waals surface area contributed by atoms with Gasteiger partial charge in [0.25, 0.3) is 0 Å². The molecule has 0 aromatic heterocycles. The van der Waals surface area contributed by atoms with Crippen molar-refractivity contribution in [2.75, 3.05) is 0 Å². The summed E-state index contributed by atoms with van der Waals surface area (Å²) in [5, 5.41) is 0. The first-order valence-corrected chi connectivity index (χ1v) is 7.36. The number of carbonyl (C=O) groups excluding carboxylic acids is 2. The number of ketones is 1. The van der Waals surface area contributed by atoms with Crippen LogP contribution in [0.2, 0.25) is 0 Å². The Bertz CT molecular complexity index is 408. The normalized spacial score (nSPS) is 15.9. The smallest absolute Gasteiger partial charge is 0.248 e. The van der Waals surface area contributed by atoms with Gasteiger partial charge in [0.2, 0.25) is 4.45 Å². The molecule has 1 fully saturated rings. The van der Waals surface area contributed by atoms with Crippen LogP contribution in [0.4, 0.5) is 4.79 Å². The van der Waals surface area contributed by atoms with Gasteiger partial charge in [0.05, 0.1) is 4.58 Å². The van der Waals surface area contributed by atoms with E-state index in [1.807, 2.05) is 24.3 Å². The van der Waals surface area contributed by atoms with E-state index in [0.29, 0.717) is 6.42 Å². The number of halogens is 1. The molecule has 0 aliphatic carbocycles. The van der Waals surface area contributed by atoms with Crippen LogP contribution in [0.3, 0.4) is 0 Å². The Morgan fingerprint density at radius 1 is 1.25 bits per heavy atom. The molecule has 2 rings (SSSR count). The predicted octanol–water partition coefficient (Wildman–Crippen LogP) is 4.34. The molecule has 16 heavy (non-hydrogen) atoms. The van der Waals surface area contributed by atoms with E-state index in [4.69, 9.17) is 0 Å². The highest BCUT2D eigenvalue weighted by Crippen LogP contribution is 2.44. The fourth-order valence-electron chi connectivity index (χ4n) is 1.37. The van der Waals surface area contributed by atoms with Gasteiger partial charge in [-0.05, 0) is 18.6 Å². The van der Waals surface area contributed by atoms with E-state index < -0.39 is 0 Å². The quantitative estimate of drug-likeness (QED) is 0.774. The van der Waals surface area contributed by atoms with Crippen molar-refractivity contribution in [2.45, 2.75) is 17.4 Å². The molecule has 0 atom stereocenters. The summed E-state index contributed by atoms with van der Waals surface area (Å²) in [5.74, 6) is 0.146. The van der Waals surface area contributed by atoms with E-state index in [2.05, 4.69) is 15.9 Å². The van der Waals surface area contributed by atoms with Crippen LogP contribution in [-0.2, 0) is 0 Å². The van der Waals surface area contributed by atoms with Crippen LogP contribution in [0.5, 0.6) is 0 Å². The molecule has 1 aliphatic rings. The Morgan fingerprint density at radius 2 is 1.88 bits per heavy atom. The van der Waals surface area contributed by atoms with Gasteiger partial charge in [0.1, 0.15) is 0 Å².